The van der Waals surface area contributed by atoms with Crippen LogP contribution in [-0.2, 0) is 10.0 Å². The lowest BCUT2D eigenvalue weighted by Gasteiger charge is -2.18. The first kappa shape index (κ1) is 24.0. The monoisotopic (exact) mass is 541 g/mol. The molecule has 0 fully saturated rings. The van der Waals surface area contributed by atoms with E-state index in [1.165, 1.54) is 22.8 Å². The summed E-state index contributed by atoms with van der Waals surface area (Å²) in [6.45, 7) is 0. The van der Waals surface area contributed by atoms with Gasteiger partial charge in [-0.15, -0.1) is 11.3 Å². The second kappa shape index (κ2) is 9.47. The van der Waals surface area contributed by atoms with Gasteiger partial charge in [0.05, 0.1) is 33.7 Å². The van der Waals surface area contributed by atoms with Gasteiger partial charge in [-0.2, -0.15) is 5.10 Å². The van der Waals surface area contributed by atoms with Crippen LogP contribution in [0.2, 0.25) is 0 Å². The van der Waals surface area contributed by atoms with Gasteiger partial charge in [0, 0.05) is 23.6 Å². The lowest BCUT2D eigenvalue weighted by atomic mass is 9.99. The topological polar surface area (TPSA) is 91.8 Å². The maximum Gasteiger partial charge on any atom is 0.273 e. The minimum atomic E-state index is -3.75. The molecular formula is C28H20FN5O2S2. The van der Waals surface area contributed by atoms with Crippen LogP contribution in [-0.4, -0.2) is 35.6 Å². The van der Waals surface area contributed by atoms with Gasteiger partial charge in [-0.25, -0.2) is 22.8 Å². The zero-order valence-corrected chi connectivity index (χ0v) is 21.7. The van der Waals surface area contributed by atoms with E-state index in [-0.39, 0.29) is 10.0 Å². The first-order valence-electron chi connectivity index (χ1n) is 11.6. The summed E-state index contributed by atoms with van der Waals surface area (Å²) in [5, 5.41) is 7.99. The third-order valence-corrected chi connectivity index (χ3v) is 9.61. The summed E-state index contributed by atoms with van der Waals surface area (Å²) in [4.78, 5) is 9.63. The molecule has 0 aliphatic carbocycles. The number of halogens is 1. The number of hydrogen-bond donors (Lipinski definition) is 1. The molecule has 0 spiro atoms. The highest BCUT2D eigenvalue weighted by Gasteiger charge is 2.24. The number of hydrogen-bond acceptors (Lipinski definition) is 6. The number of nitrogens with zero attached hydrogens (tertiary/aromatic N) is 4. The van der Waals surface area contributed by atoms with E-state index in [1.54, 1.807) is 61.8 Å². The average Bonchev–Trinajstić information content (AvgIpc) is 3.64. The second-order valence-electron chi connectivity index (χ2n) is 8.55. The smallest absolute Gasteiger partial charge is 0.273 e. The van der Waals surface area contributed by atoms with Crippen LogP contribution in [0.3, 0.4) is 0 Å². The molecule has 3 aromatic carbocycles. The summed E-state index contributed by atoms with van der Waals surface area (Å²) in [5.74, 6) is -0.311. The molecule has 0 saturated carbocycles. The number of aromatic amines is 1. The molecule has 10 heteroatoms. The van der Waals surface area contributed by atoms with Gasteiger partial charge in [-0.3, -0.25) is 9.40 Å². The fraction of sp³-hybridized carbons (Fsp3) is 0.0357. The van der Waals surface area contributed by atoms with Crippen LogP contribution in [0.15, 0.2) is 102 Å². The van der Waals surface area contributed by atoms with E-state index < -0.39 is 10.0 Å². The van der Waals surface area contributed by atoms with Crippen molar-refractivity contribution in [2.45, 2.75) is 4.21 Å². The first-order chi connectivity index (χ1) is 18.4. The molecule has 0 radical (unpaired) electrons. The van der Waals surface area contributed by atoms with Gasteiger partial charge in [0.2, 0.25) is 0 Å². The number of thiophene rings is 1. The van der Waals surface area contributed by atoms with Crippen molar-refractivity contribution in [3.8, 4) is 33.0 Å². The lowest BCUT2D eigenvalue weighted by molar-refractivity contribution is 0.596. The number of benzene rings is 3. The quantitative estimate of drug-likeness (QED) is 0.264. The van der Waals surface area contributed by atoms with E-state index in [2.05, 4.69) is 20.2 Å². The van der Waals surface area contributed by atoms with E-state index in [0.717, 1.165) is 44.6 Å². The molecule has 7 nitrogen and oxygen atoms in total. The number of sulfonamides is 1. The number of anilines is 1. The SMILES string of the molecule is CN(c1ccccc1)S(=O)(=O)c1ccc(-c2ncnc3ccc(-c4cn[nH]c4-c4ccc(F)cc4)cc23)s1. The zero-order chi connectivity index (χ0) is 26.3. The van der Waals surface area contributed by atoms with Crippen LogP contribution in [0, 0.1) is 5.82 Å². The number of H-pyrrole nitrogens is 1. The largest absolute Gasteiger partial charge is 0.277 e. The van der Waals surface area contributed by atoms with Crippen LogP contribution in [0.5, 0.6) is 0 Å². The fourth-order valence-electron chi connectivity index (χ4n) is 4.26. The van der Waals surface area contributed by atoms with Crippen molar-refractivity contribution >= 4 is 38.0 Å². The molecule has 3 aromatic heterocycles. The van der Waals surface area contributed by atoms with Crippen LogP contribution in [0.4, 0.5) is 10.1 Å². The van der Waals surface area contributed by atoms with E-state index in [9.17, 15) is 12.8 Å². The maximum absolute atomic E-state index is 13.5. The molecule has 1 N–H and O–H groups in total. The van der Waals surface area contributed by atoms with Crippen LogP contribution < -0.4 is 4.31 Å². The summed E-state index contributed by atoms with van der Waals surface area (Å²) >= 11 is 1.16. The summed E-state index contributed by atoms with van der Waals surface area (Å²) in [5.41, 5.74) is 5.22. The first-order valence-corrected chi connectivity index (χ1v) is 13.9. The molecule has 6 aromatic rings. The van der Waals surface area contributed by atoms with E-state index in [0.29, 0.717) is 16.3 Å². The Hall–Kier alpha value is -4.41. The molecule has 188 valence electrons. The van der Waals surface area contributed by atoms with Gasteiger partial charge >= 0.3 is 0 Å². The molecule has 0 bridgehead atoms. The molecule has 0 amide bonds. The molecule has 0 saturated heterocycles. The number of aromatic nitrogens is 4. The Bertz CT molecular complexity index is 1870. The Kier molecular flexibility index (Phi) is 5.97. The predicted octanol–water partition coefficient (Wildman–Crippen LogP) is 6.38. The van der Waals surface area contributed by atoms with Crippen LogP contribution >= 0.6 is 11.3 Å². The van der Waals surface area contributed by atoms with Crippen molar-refractivity contribution in [1.29, 1.82) is 0 Å². The highest BCUT2D eigenvalue weighted by atomic mass is 32.2. The number of fused-ring (bicyclic) bond motifs is 1. The Morgan fingerprint density at radius 3 is 2.45 bits per heavy atom. The summed E-state index contributed by atoms with van der Waals surface area (Å²) in [6.07, 6.45) is 3.20. The third kappa shape index (κ3) is 4.23. The molecule has 0 unspecified atom stereocenters. The molecular weight excluding hydrogens is 521 g/mol. The Balaban J connectivity index is 1.41. The maximum atomic E-state index is 13.5. The van der Waals surface area contributed by atoms with Crippen LogP contribution in [0.25, 0.3) is 43.9 Å². The molecule has 0 aliphatic rings. The predicted molar refractivity (Wildman–Crippen MR) is 148 cm³/mol. The van der Waals surface area contributed by atoms with Crippen molar-refractivity contribution in [2.24, 2.45) is 0 Å². The standard InChI is InChI=1S/C28H20FN5O2S2/c1-34(21-5-3-2-4-6-21)38(35,36)26-14-13-25(37-26)28-22-15-19(9-12-24(22)30-17-31-28)23-16-32-33-27(23)18-7-10-20(29)11-8-18/h2-17H,1H3,(H,32,33). The van der Waals surface area contributed by atoms with Gasteiger partial charge in [0.25, 0.3) is 10.0 Å². The molecule has 3 heterocycles. The molecule has 6 rings (SSSR count). The normalized spacial score (nSPS) is 11.6. The Labute approximate surface area is 222 Å². The number of rotatable bonds is 6. The van der Waals surface area contributed by atoms with E-state index in [1.807, 2.05) is 24.3 Å². The van der Waals surface area contributed by atoms with Crippen molar-refractivity contribution in [3.05, 3.63) is 103 Å². The molecule has 38 heavy (non-hydrogen) atoms. The fourth-order valence-corrected chi connectivity index (χ4v) is 6.94. The van der Waals surface area contributed by atoms with Gasteiger partial charge in [0.15, 0.2) is 0 Å². The molecule has 0 atom stereocenters. The Morgan fingerprint density at radius 1 is 0.895 bits per heavy atom. The summed E-state index contributed by atoms with van der Waals surface area (Å²) in [6, 6.07) is 24.3. The van der Waals surface area contributed by atoms with Gasteiger partial charge in [-0.1, -0.05) is 24.3 Å². The highest BCUT2D eigenvalue weighted by molar-refractivity contribution is 7.94. The van der Waals surface area contributed by atoms with Crippen molar-refractivity contribution in [3.63, 3.8) is 0 Å². The van der Waals surface area contributed by atoms with Crippen molar-refractivity contribution < 1.29 is 12.8 Å². The number of nitrogens with one attached hydrogen (secondary N) is 1. The summed E-state index contributed by atoms with van der Waals surface area (Å²) in [7, 11) is -2.20. The van der Waals surface area contributed by atoms with E-state index >= 15 is 0 Å². The third-order valence-electron chi connectivity index (χ3n) is 6.27. The van der Waals surface area contributed by atoms with Gasteiger partial charge in [0.1, 0.15) is 16.4 Å². The average molecular weight is 542 g/mol. The van der Waals surface area contributed by atoms with Crippen LogP contribution in [0.1, 0.15) is 0 Å². The summed E-state index contributed by atoms with van der Waals surface area (Å²) < 4.78 is 41.6. The highest BCUT2D eigenvalue weighted by Crippen LogP contribution is 2.37. The number of para-hydroxylation sites is 1. The minimum Gasteiger partial charge on any atom is -0.277 e. The van der Waals surface area contributed by atoms with Gasteiger partial charge in [-0.05, 0) is 66.2 Å². The second-order valence-corrected chi connectivity index (χ2v) is 11.8. The van der Waals surface area contributed by atoms with Crippen molar-refractivity contribution in [2.75, 3.05) is 11.4 Å². The zero-order valence-electron chi connectivity index (χ0n) is 20.0. The Morgan fingerprint density at radius 2 is 1.66 bits per heavy atom. The van der Waals surface area contributed by atoms with E-state index in [4.69, 9.17) is 0 Å². The lowest BCUT2D eigenvalue weighted by Crippen LogP contribution is -2.25. The minimum absolute atomic E-state index is 0.218. The van der Waals surface area contributed by atoms with Crippen molar-refractivity contribution in [1.82, 2.24) is 20.2 Å². The molecule has 0 aliphatic heterocycles. The van der Waals surface area contributed by atoms with Gasteiger partial charge < -0.3 is 0 Å².